The molecule has 88 valence electrons. The molecule has 1 N–H and O–H groups in total. The fourth-order valence-corrected chi connectivity index (χ4v) is 3.35. The van der Waals surface area contributed by atoms with Crippen LogP contribution in [0.5, 0.6) is 0 Å². The molecule has 1 saturated heterocycles. The summed E-state index contributed by atoms with van der Waals surface area (Å²) >= 11 is 0. The fourth-order valence-electron chi connectivity index (χ4n) is 3.35. The van der Waals surface area contributed by atoms with Crippen LogP contribution in [-0.2, 0) is 4.74 Å². The lowest BCUT2D eigenvalue weighted by Gasteiger charge is -2.36. The first-order chi connectivity index (χ1) is 7.11. The van der Waals surface area contributed by atoms with E-state index in [-0.39, 0.29) is 6.10 Å². The SMILES string of the molecule is CC1(C)CCCC1C(O)C1CCCOC1. The van der Waals surface area contributed by atoms with E-state index in [2.05, 4.69) is 13.8 Å². The highest BCUT2D eigenvalue weighted by Gasteiger charge is 2.41. The van der Waals surface area contributed by atoms with E-state index in [0.29, 0.717) is 17.3 Å². The van der Waals surface area contributed by atoms with Crippen molar-refractivity contribution < 1.29 is 9.84 Å². The molecule has 0 spiro atoms. The second-order valence-electron chi connectivity index (χ2n) is 5.96. The number of aliphatic hydroxyl groups excluding tert-OH is 1. The molecule has 1 saturated carbocycles. The second kappa shape index (κ2) is 4.42. The van der Waals surface area contributed by atoms with Gasteiger partial charge in [0.1, 0.15) is 0 Å². The average molecular weight is 212 g/mol. The standard InChI is InChI=1S/C13H24O2/c1-13(2)7-3-6-11(13)12(14)10-5-4-8-15-9-10/h10-12,14H,3-9H2,1-2H3. The molecule has 1 aliphatic carbocycles. The molecule has 0 aromatic heterocycles. The molecular weight excluding hydrogens is 188 g/mol. The van der Waals surface area contributed by atoms with Crippen molar-refractivity contribution >= 4 is 0 Å². The summed E-state index contributed by atoms with van der Waals surface area (Å²) in [6.45, 7) is 6.26. The summed E-state index contributed by atoms with van der Waals surface area (Å²) < 4.78 is 5.47. The predicted molar refractivity (Wildman–Crippen MR) is 60.7 cm³/mol. The van der Waals surface area contributed by atoms with E-state index in [4.69, 9.17) is 4.74 Å². The Hall–Kier alpha value is -0.0800. The Kier molecular flexibility index (Phi) is 3.36. The Morgan fingerprint density at radius 3 is 2.60 bits per heavy atom. The molecule has 2 fully saturated rings. The lowest BCUT2D eigenvalue weighted by molar-refractivity contribution is -0.0516. The van der Waals surface area contributed by atoms with E-state index in [1.807, 2.05) is 0 Å². The Morgan fingerprint density at radius 2 is 2.07 bits per heavy atom. The molecule has 2 nitrogen and oxygen atoms in total. The zero-order chi connectivity index (χ0) is 10.9. The topological polar surface area (TPSA) is 29.5 Å². The van der Waals surface area contributed by atoms with Gasteiger partial charge in [0.2, 0.25) is 0 Å². The van der Waals surface area contributed by atoms with E-state index in [9.17, 15) is 5.11 Å². The van der Waals surface area contributed by atoms with Crippen molar-refractivity contribution in [2.75, 3.05) is 13.2 Å². The monoisotopic (exact) mass is 212 g/mol. The van der Waals surface area contributed by atoms with Crippen LogP contribution < -0.4 is 0 Å². The molecule has 1 heterocycles. The zero-order valence-corrected chi connectivity index (χ0v) is 10.0. The van der Waals surface area contributed by atoms with Crippen LogP contribution in [0.25, 0.3) is 0 Å². The summed E-state index contributed by atoms with van der Waals surface area (Å²) in [5.74, 6) is 0.880. The summed E-state index contributed by atoms with van der Waals surface area (Å²) in [5.41, 5.74) is 0.330. The van der Waals surface area contributed by atoms with Crippen LogP contribution in [-0.4, -0.2) is 24.4 Å². The normalized spacial score (nSPS) is 37.8. The average Bonchev–Trinajstić information content (AvgIpc) is 2.58. The van der Waals surface area contributed by atoms with Crippen molar-refractivity contribution in [2.45, 2.75) is 52.1 Å². The van der Waals surface area contributed by atoms with Crippen molar-refractivity contribution in [1.82, 2.24) is 0 Å². The van der Waals surface area contributed by atoms with Gasteiger partial charge >= 0.3 is 0 Å². The third kappa shape index (κ3) is 2.36. The molecular formula is C13H24O2. The van der Waals surface area contributed by atoms with Gasteiger partial charge in [-0.2, -0.15) is 0 Å². The smallest absolute Gasteiger partial charge is 0.0623 e. The highest BCUT2D eigenvalue weighted by atomic mass is 16.5. The van der Waals surface area contributed by atoms with Gasteiger partial charge in [-0.1, -0.05) is 20.3 Å². The number of aliphatic hydroxyl groups is 1. The van der Waals surface area contributed by atoms with E-state index >= 15 is 0 Å². The van der Waals surface area contributed by atoms with Crippen LogP contribution in [0.15, 0.2) is 0 Å². The van der Waals surface area contributed by atoms with Crippen LogP contribution in [0, 0.1) is 17.3 Å². The molecule has 1 aliphatic heterocycles. The second-order valence-corrected chi connectivity index (χ2v) is 5.96. The Morgan fingerprint density at radius 1 is 1.27 bits per heavy atom. The highest BCUT2D eigenvalue weighted by Crippen LogP contribution is 2.46. The van der Waals surface area contributed by atoms with Gasteiger partial charge in [0.05, 0.1) is 12.7 Å². The van der Waals surface area contributed by atoms with E-state index in [1.54, 1.807) is 0 Å². The van der Waals surface area contributed by atoms with Crippen molar-refractivity contribution in [2.24, 2.45) is 17.3 Å². The third-order valence-corrected chi connectivity index (χ3v) is 4.43. The summed E-state index contributed by atoms with van der Waals surface area (Å²) in [7, 11) is 0. The van der Waals surface area contributed by atoms with Crippen LogP contribution in [0.3, 0.4) is 0 Å². The summed E-state index contributed by atoms with van der Waals surface area (Å²) in [4.78, 5) is 0. The molecule has 0 radical (unpaired) electrons. The van der Waals surface area contributed by atoms with Crippen molar-refractivity contribution in [3.8, 4) is 0 Å². The molecule has 2 aliphatic rings. The van der Waals surface area contributed by atoms with Gasteiger partial charge in [0.25, 0.3) is 0 Å². The third-order valence-electron chi connectivity index (χ3n) is 4.43. The minimum absolute atomic E-state index is 0.136. The number of hydrogen-bond acceptors (Lipinski definition) is 2. The highest BCUT2D eigenvalue weighted by molar-refractivity contribution is 4.91. The minimum Gasteiger partial charge on any atom is -0.392 e. The first kappa shape index (κ1) is 11.4. The lowest BCUT2D eigenvalue weighted by atomic mass is 9.74. The van der Waals surface area contributed by atoms with Crippen LogP contribution in [0.2, 0.25) is 0 Å². The molecule has 0 amide bonds. The molecule has 3 unspecified atom stereocenters. The van der Waals surface area contributed by atoms with E-state index in [1.165, 1.54) is 19.3 Å². The van der Waals surface area contributed by atoms with Crippen LogP contribution in [0.1, 0.15) is 46.0 Å². The van der Waals surface area contributed by atoms with E-state index in [0.717, 1.165) is 26.1 Å². The summed E-state index contributed by atoms with van der Waals surface area (Å²) in [6, 6.07) is 0. The van der Waals surface area contributed by atoms with Gasteiger partial charge in [0, 0.05) is 12.5 Å². The Balaban J connectivity index is 1.96. The number of rotatable bonds is 2. The molecule has 3 atom stereocenters. The van der Waals surface area contributed by atoms with Gasteiger partial charge in [-0.3, -0.25) is 0 Å². The van der Waals surface area contributed by atoms with Gasteiger partial charge in [0.15, 0.2) is 0 Å². The lowest BCUT2D eigenvalue weighted by Crippen LogP contribution is -2.39. The zero-order valence-electron chi connectivity index (χ0n) is 10.0. The van der Waals surface area contributed by atoms with Crippen LogP contribution >= 0.6 is 0 Å². The summed E-state index contributed by atoms with van der Waals surface area (Å²) in [6.07, 6.45) is 5.88. The molecule has 15 heavy (non-hydrogen) atoms. The maximum absolute atomic E-state index is 10.4. The first-order valence-corrected chi connectivity index (χ1v) is 6.37. The number of ether oxygens (including phenoxy) is 1. The van der Waals surface area contributed by atoms with Gasteiger partial charge in [-0.15, -0.1) is 0 Å². The predicted octanol–water partition coefficient (Wildman–Crippen LogP) is 2.60. The maximum Gasteiger partial charge on any atom is 0.0623 e. The molecule has 0 aromatic carbocycles. The minimum atomic E-state index is -0.136. The van der Waals surface area contributed by atoms with Crippen molar-refractivity contribution in [3.63, 3.8) is 0 Å². The van der Waals surface area contributed by atoms with Gasteiger partial charge < -0.3 is 9.84 Å². The van der Waals surface area contributed by atoms with Gasteiger partial charge in [-0.25, -0.2) is 0 Å². The molecule has 0 bridgehead atoms. The Labute approximate surface area is 93.0 Å². The quantitative estimate of drug-likeness (QED) is 0.762. The van der Waals surface area contributed by atoms with Crippen LogP contribution in [0.4, 0.5) is 0 Å². The fraction of sp³-hybridized carbons (Fsp3) is 1.00. The largest absolute Gasteiger partial charge is 0.392 e. The number of hydrogen-bond donors (Lipinski definition) is 1. The Bertz CT molecular complexity index is 207. The van der Waals surface area contributed by atoms with E-state index < -0.39 is 0 Å². The summed E-state index contributed by atoms with van der Waals surface area (Å²) in [5, 5.41) is 10.4. The molecule has 2 rings (SSSR count). The van der Waals surface area contributed by atoms with Crippen molar-refractivity contribution in [3.05, 3.63) is 0 Å². The van der Waals surface area contributed by atoms with Gasteiger partial charge in [-0.05, 0) is 37.0 Å². The maximum atomic E-state index is 10.4. The van der Waals surface area contributed by atoms with Crippen molar-refractivity contribution in [1.29, 1.82) is 0 Å². The molecule has 2 heteroatoms. The first-order valence-electron chi connectivity index (χ1n) is 6.37. The molecule has 0 aromatic rings.